The van der Waals surface area contributed by atoms with Gasteiger partial charge in [0, 0.05) is 26.0 Å². The van der Waals surface area contributed by atoms with Crippen molar-refractivity contribution in [2.45, 2.75) is 26.4 Å². The van der Waals surface area contributed by atoms with Crippen molar-refractivity contribution < 1.29 is 0 Å². The first-order valence-electron chi connectivity index (χ1n) is 7.17. The van der Waals surface area contributed by atoms with E-state index in [1.54, 1.807) is 12.4 Å². The Morgan fingerprint density at radius 3 is 2.86 bits per heavy atom. The van der Waals surface area contributed by atoms with E-state index in [2.05, 4.69) is 27.1 Å². The molecule has 4 nitrogen and oxygen atoms in total. The number of nitrogens with zero attached hydrogens (tertiary/aromatic N) is 3. The van der Waals surface area contributed by atoms with Gasteiger partial charge in [-0.3, -0.25) is 4.98 Å². The Kier molecular flexibility index (Phi) is 5.96. The van der Waals surface area contributed by atoms with Gasteiger partial charge in [0.2, 0.25) is 0 Å². The number of rotatable bonds is 7. The van der Waals surface area contributed by atoms with E-state index in [-0.39, 0.29) is 0 Å². The Morgan fingerprint density at radius 1 is 1.29 bits per heavy atom. The van der Waals surface area contributed by atoms with Crippen LogP contribution in [0.15, 0.2) is 36.7 Å². The molecule has 2 rings (SSSR count). The molecule has 2 aromatic heterocycles. The lowest BCUT2D eigenvalue weighted by Crippen LogP contribution is -2.19. The molecule has 112 valence electrons. The molecular weight excluding hydrogens is 284 g/mol. The molecule has 2 heterocycles. The first-order chi connectivity index (χ1) is 10.2. The van der Waals surface area contributed by atoms with E-state index in [4.69, 9.17) is 11.6 Å². The van der Waals surface area contributed by atoms with E-state index in [1.807, 2.05) is 31.3 Å². The Bertz CT molecular complexity index is 559. The first-order valence-corrected chi connectivity index (χ1v) is 7.54. The van der Waals surface area contributed by atoms with Crippen LogP contribution >= 0.6 is 11.6 Å². The molecule has 0 amide bonds. The normalized spacial score (nSPS) is 10.6. The maximum Gasteiger partial charge on any atom is 0.128 e. The highest BCUT2D eigenvalue weighted by Crippen LogP contribution is 2.20. The van der Waals surface area contributed by atoms with Gasteiger partial charge in [-0.05, 0) is 36.7 Å². The minimum Gasteiger partial charge on any atom is -0.354 e. The molecule has 21 heavy (non-hydrogen) atoms. The third-order valence-corrected chi connectivity index (χ3v) is 3.52. The second-order valence-corrected chi connectivity index (χ2v) is 5.40. The molecule has 1 N–H and O–H groups in total. The van der Waals surface area contributed by atoms with E-state index in [0.717, 1.165) is 43.1 Å². The maximum atomic E-state index is 6.21. The van der Waals surface area contributed by atoms with Crippen LogP contribution < -0.4 is 10.2 Å². The zero-order chi connectivity index (χ0) is 15.1. The van der Waals surface area contributed by atoms with Gasteiger partial charge in [-0.25, -0.2) is 4.98 Å². The number of aromatic nitrogens is 2. The van der Waals surface area contributed by atoms with Crippen LogP contribution in [0.1, 0.15) is 24.6 Å². The fourth-order valence-corrected chi connectivity index (χ4v) is 2.20. The maximum absolute atomic E-state index is 6.21. The molecule has 0 aromatic carbocycles. The highest BCUT2D eigenvalue weighted by molar-refractivity contribution is 6.31. The molecule has 0 fully saturated rings. The molecule has 0 atom stereocenters. The zero-order valence-corrected chi connectivity index (χ0v) is 13.3. The van der Waals surface area contributed by atoms with Crippen molar-refractivity contribution in [2.24, 2.45) is 0 Å². The van der Waals surface area contributed by atoms with Crippen molar-refractivity contribution in [3.8, 4) is 0 Å². The van der Waals surface area contributed by atoms with Gasteiger partial charge in [0.1, 0.15) is 5.82 Å². The summed E-state index contributed by atoms with van der Waals surface area (Å²) < 4.78 is 0. The van der Waals surface area contributed by atoms with Gasteiger partial charge in [-0.2, -0.15) is 0 Å². The number of hydrogen-bond acceptors (Lipinski definition) is 4. The molecule has 0 radical (unpaired) electrons. The monoisotopic (exact) mass is 304 g/mol. The van der Waals surface area contributed by atoms with Crippen LogP contribution in [0.5, 0.6) is 0 Å². The minimum atomic E-state index is 0.702. The molecule has 0 bridgehead atoms. The Morgan fingerprint density at radius 2 is 2.14 bits per heavy atom. The summed E-state index contributed by atoms with van der Waals surface area (Å²) in [5, 5.41) is 4.07. The third-order valence-electron chi connectivity index (χ3n) is 3.18. The van der Waals surface area contributed by atoms with Gasteiger partial charge >= 0.3 is 0 Å². The number of nitrogens with one attached hydrogen (secondary N) is 1. The van der Waals surface area contributed by atoms with E-state index in [9.17, 15) is 0 Å². The standard InChI is InChI=1S/C16H21ClN4/c1-3-7-18-10-13-9-16(20-11-15(13)17)21(2)12-14-6-4-5-8-19-14/h4-6,8-9,11,18H,3,7,10,12H2,1-2H3. The Balaban J connectivity index is 2.06. The van der Waals surface area contributed by atoms with Gasteiger partial charge in [0.15, 0.2) is 0 Å². The van der Waals surface area contributed by atoms with Crippen LogP contribution in [-0.4, -0.2) is 23.6 Å². The molecule has 0 saturated carbocycles. The quantitative estimate of drug-likeness (QED) is 0.797. The molecule has 5 heteroatoms. The van der Waals surface area contributed by atoms with Crippen LogP contribution in [0.4, 0.5) is 5.82 Å². The smallest absolute Gasteiger partial charge is 0.128 e. The van der Waals surface area contributed by atoms with E-state index < -0.39 is 0 Å². The summed E-state index contributed by atoms with van der Waals surface area (Å²) in [5.74, 6) is 0.901. The average Bonchev–Trinajstić information content (AvgIpc) is 2.50. The van der Waals surface area contributed by atoms with E-state index >= 15 is 0 Å². The number of pyridine rings is 2. The van der Waals surface area contributed by atoms with Crippen molar-refractivity contribution in [1.82, 2.24) is 15.3 Å². The topological polar surface area (TPSA) is 41.0 Å². The lowest BCUT2D eigenvalue weighted by atomic mass is 10.2. The summed E-state index contributed by atoms with van der Waals surface area (Å²) in [4.78, 5) is 10.8. The molecule has 0 aliphatic rings. The van der Waals surface area contributed by atoms with E-state index in [0.29, 0.717) is 5.02 Å². The summed E-state index contributed by atoms with van der Waals surface area (Å²) in [6, 6.07) is 7.96. The lowest BCUT2D eigenvalue weighted by Gasteiger charge is -2.19. The molecule has 0 spiro atoms. The van der Waals surface area contributed by atoms with Crippen molar-refractivity contribution in [2.75, 3.05) is 18.5 Å². The minimum absolute atomic E-state index is 0.702. The summed E-state index contributed by atoms with van der Waals surface area (Å²) >= 11 is 6.21. The predicted molar refractivity (Wildman–Crippen MR) is 87.6 cm³/mol. The Labute approximate surface area is 131 Å². The van der Waals surface area contributed by atoms with Crippen LogP contribution in [0, 0.1) is 0 Å². The molecule has 0 aliphatic carbocycles. The summed E-state index contributed by atoms with van der Waals surface area (Å²) in [6.07, 6.45) is 4.63. The third kappa shape index (κ3) is 4.69. The molecule has 2 aromatic rings. The number of halogens is 1. The summed E-state index contributed by atoms with van der Waals surface area (Å²) in [5.41, 5.74) is 2.09. The highest BCUT2D eigenvalue weighted by atomic mass is 35.5. The van der Waals surface area contributed by atoms with Gasteiger partial charge in [-0.1, -0.05) is 24.6 Å². The van der Waals surface area contributed by atoms with Crippen LogP contribution in [0.25, 0.3) is 0 Å². The molecule has 0 saturated heterocycles. The van der Waals surface area contributed by atoms with Gasteiger partial charge in [0.05, 0.1) is 17.3 Å². The SMILES string of the molecule is CCCNCc1cc(N(C)Cc2ccccn2)ncc1Cl. The first kappa shape index (κ1) is 15.7. The molecule has 0 aliphatic heterocycles. The van der Waals surface area contributed by atoms with Crippen molar-refractivity contribution in [1.29, 1.82) is 0 Å². The number of anilines is 1. The van der Waals surface area contributed by atoms with Crippen molar-refractivity contribution in [3.05, 3.63) is 52.9 Å². The van der Waals surface area contributed by atoms with Crippen LogP contribution in [0.3, 0.4) is 0 Å². The predicted octanol–water partition coefficient (Wildman–Crippen LogP) is 3.27. The fourth-order valence-electron chi connectivity index (χ4n) is 2.03. The number of hydrogen-bond donors (Lipinski definition) is 1. The average molecular weight is 305 g/mol. The fraction of sp³-hybridized carbons (Fsp3) is 0.375. The van der Waals surface area contributed by atoms with Crippen molar-refractivity contribution >= 4 is 17.4 Å². The van der Waals surface area contributed by atoms with Crippen LogP contribution in [-0.2, 0) is 13.1 Å². The molecular formula is C16H21ClN4. The largest absolute Gasteiger partial charge is 0.354 e. The molecule has 0 unspecified atom stereocenters. The highest BCUT2D eigenvalue weighted by Gasteiger charge is 2.08. The zero-order valence-electron chi connectivity index (χ0n) is 12.5. The Hall–Kier alpha value is -1.65. The van der Waals surface area contributed by atoms with E-state index in [1.165, 1.54) is 0 Å². The second kappa shape index (κ2) is 7.96. The van der Waals surface area contributed by atoms with Crippen molar-refractivity contribution in [3.63, 3.8) is 0 Å². The second-order valence-electron chi connectivity index (χ2n) is 4.99. The summed E-state index contributed by atoms with van der Waals surface area (Å²) in [6.45, 7) is 4.61. The van der Waals surface area contributed by atoms with Crippen LogP contribution in [0.2, 0.25) is 5.02 Å². The van der Waals surface area contributed by atoms with Gasteiger partial charge < -0.3 is 10.2 Å². The lowest BCUT2D eigenvalue weighted by molar-refractivity contribution is 0.674. The van der Waals surface area contributed by atoms with Gasteiger partial charge in [0.25, 0.3) is 0 Å². The summed E-state index contributed by atoms with van der Waals surface area (Å²) in [7, 11) is 2.01. The van der Waals surface area contributed by atoms with Gasteiger partial charge in [-0.15, -0.1) is 0 Å².